The van der Waals surface area contributed by atoms with Crippen LogP contribution in [-0.4, -0.2) is 45.0 Å². The zero-order chi connectivity index (χ0) is 26.3. The van der Waals surface area contributed by atoms with Crippen LogP contribution in [-0.2, 0) is 19.3 Å². The van der Waals surface area contributed by atoms with Crippen molar-refractivity contribution in [1.29, 1.82) is 0 Å². The molecule has 1 saturated heterocycles. The van der Waals surface area contributed by atoms with Gasteiger partial charge in [0.25, 0.3) is 5.56 Å². The molecular formula is C25H46N2O5Si2. The van der Waals surface area contributed by atoms with Crippen LogP contribution in [0.3, 0.4) is 0 Å². The van der Waals surface area contributed by atoms with Crippen molar-refractivity contribution >= 4 is 16.6 Å². The molecule has 1 N–H and O–H groups in total. The van der Waals surface area contributed by atoms with Crippen molar-refractivity contribution < 1.29 is 13.6 Å². The number of nitrogens with one attached hydrogen (secondary N) is 1. The first kappa shape index (κ1) is 29.0. The standard InChI is InChI=1S/C25H46N2O5Si2/c1-13-14-25(27-16-18(2)21(28)26-22(27)29)15-19(32-34(11,12)24(6,7)8)20(31-25)17-30-33(9,10)23(3,4)5/h13,16,19-20H,1,14-15,17H2,2-12H3,(H,26,28,29)/t19-,20+,25-/m0/s1. The van der Waals surface area contributed by atoms with Gasteiger partial charge in [-0.3, -0.25) is 14.3 Å². The van der Waals surface area contributed by atoms with Crippen LogP contribution in [0, 0.1) is 6.92 Å². The van der Waals surface area contributed by atoms with Gasteiger partial charge in [0, 0.05) is 24.6 Å². The van der Waals surface area contributed by atoms with E-state index in [9.17, 15) is 9.59 Å². The Morgan fingerprint density at radius 1 is 1.15 bits per heavy atom. The summed E-state index contributed by atoms with van der Waals surface area (Å²) in [6, 6.07) is 0. The van der Waals surface area contributed by atoms with Crippen LogP contribution in [0.1, 0.15) is 59.9 Å². The van der Waals surface area contributed by atoms with Crippen molar-refractivity contribution in [1.82, 2.24) is 9.55 Å². The summed E-state index contributed by atoms with van der Waals surface area (Å²) in [7, 11) is -4.17. The molecule has 0 radical (unpaired) electrons. The molecule has 1 fully saturated rings. The molecule has 0 amide bonds. The SMILES string of the molecule is C=CC[C@@]1(n2cc(C)c(=O)[nH]c2=O)C[C@H](O[Si](C)(C)C(C)(C)C)[C@@H](CO[Si](C)(C)C(C)(C)C)O1. The van der Waals surface area contributed by atoms with Crippen LogP contribution in [0.25, 0.3) is 0 Å². The minimum atomic E-state index is -2.14. The van der Waals surface area contributed by atoms with Gasteiger partial charge in [-0.05, 0) is 43.2 Å². The lowest BCUT2D eigenvalue weighted by atomic mass is 10.0. The van der Waals surface area contributed by atoms with Gasteiger partial charge in [-0.15, -0.1) is 6.58 Å². The first-order valence-corrected chi connectivity index (χ1v) is 18.0. The fraction of sp³-hybridized carbons (Fsp3) is 0.760. The molecule has 2 heterocycles. The maximum atomic E-state index is 12.9. The van der Waals surface area contributed by atoms with Gasteiger partial charge in [-0.1, -0.05) is 47.6 Å². The summed E-state index contributed by atoms with van der Waals surface area (Å²) in [5, 5.41) is 0.0828. The summed E-state index contributed by atoms with van der Waals surface area (Å²) >= 11 is 0. The Morgan fingerprint density at radius 2 is 1.71 bits per heavy atom. The van der Waals surface area contributed by atoms with Crippen molar-refractivity contribution in [3.8, 4) is 0 Å². The van der Waals surface area contributed by atoms with E-state index in [-0.39, 0.29) is 27.8 Å². The number of ether oxygens (including phenoxy) is 1. The number of rotatable bonds is 8. The molecule has 1 aromatic rings. The van der Waals surface area contributed by atoms with Crippen molar-refractivity contribution in [2.24, 2.45) is 0 Å². The zero-order valence-electron chi connectivity index (χ0n) is 23.1. The summed E-state index contributed by atoms with van der Waals surface area (Å²) in [6.07, 6.45) is 3.64. The van der Waals surface area contributed by atoms with Crippen LogP contribution in [0.2, 0.25) is 36.3 Å². The summed E-state index contributed by atoms with van der Waals surface area (Å²) in [4.78, 5) is 27.4. The Kier molecular flexibility index (Phi) is 8.22. The van der Waals surface area contributed by atoms with Gasteiger partial charge in [0.2, 0.25) is 0 Å². The normalized spacial score (nSPS) is 24.4. The van der Waals surface area contributed by atoms with Crippen molar-refractivity contribution in [2.75, 3.05) is 6.61 Å². The van der Waals surface area contributed by atoms with Gasteiger partial charge < -0.3 is 13.6 Å². The Labute approximate surface area is 207 Å². The molecule has 34 heavy (non-hydrogen) atoms. The highest BCUT2D eigenvalue weighted by molar-refractivity contribution is 6.74. The van der Waals surface area contributed by atoms with Crippen molar-refractivity contribution in [3.63, 3.8) is 0 Å². The Hall–Kier alpha value is -1.27. The minimum absolute atomic E-state index is 0.0208. The van der Waals surface area contributed by atoms with Crippen LogP contribution in [0.4, 0.5) is 0 Å². The molecule has 2 rings (SSSR count). The molecule has 194 valence electrons. The van der Waals surface area contributed by atoms with Gasteiger partial charge in [0.05, 0.1) is 12.7 Å². The summed E-state index contributed by atoms with van der Waals surface area (Å²) in [6.45, 7) is 28.2. The third-order valence-electron chi connectivity index (χ3n) is 7.99. The van der Waals surface area contributed by atoms with Gasteiger partial charge in [0.1, 0.15) is 6.10 Å². The van der Waals surface area contributed by atoms with Crippen molar-refractivity contribution in [2.45, 2.75) is 116 Å². The highest BCUT2D eigenvalue weighted by Gasteiger charge is 2.52. The zero-order valence-corrected chi connectivity index (χ0v) is 25.1. The predicted octanol–water partition coefficient (Wildman–Crippen LogP) is 5.28. The first-order chi connectivity index (χ1) is 15.3. The molecule has 0 bridgehead atoms. The maximum Gasteiger partial charge on any atom is 0.330 e. The van der Waals surface area contributed by atoms with E-state index >= 15 is 0 Å². The number of H-pyrrole nitrogens is 1. The Balaban J connectivity index is 2.53. The number of aryl methyl sites for hydroxylation is 1. The average Bonchev–Trinajstić information content (AvgIpc) is 2.99. The van der Waals surface area contributed by atoms with Gasteiger partial charge >= 0.3 is 5.69 Å². The van der Waals surface area contributed by atoms with E-state index in [0.29, 0.717) is 25.0 Å². The first-order valence-electron chi connectivity index (χ1n) is 12.2. The fourth-order valence-electron chi connectivity index (χ4n) is 3.65. The molecule has 0 aliphatic carbocycles. The fourth-order valence-corrected chi connectivity index (χ4v) is 6.01. The number of hydrogen-bond acceptors (Lipinski definition) is 5. The van der Waals surface area contributed by atoms with Crippen molar-refractivity contribution in [3.05, 3.63) is 45.3 Å². The predicted molar refractivity (Wildman–Crippen MR) is 144 cm³/mol. The smallest absolute Gasteiger partial charge is 0.330 e. The third-order valence-corrected chi connectivity index (χ3v) is 17.0. The van der Waals surface area contributed by atoms with E-state index in [2.05, 4.69) is 79.3 Å². The molecule has 0 saturated carbocycles. The molecule has 1 aliphatic heterocycles. The molecule has 3 atom stereocenters. The second kappa shape index (κ2) is 9.65. The molecular weight excluding hydrogens is 464 g/mol. The van der Waals surface area contributed by atoms with Gasteiger partial charge in [-0.25, -0.2) is 4.79 Å². The lowest BCUT2D eigenvalue weighted by Gasteiger charge is -2.40. The minimum Gasteiger partial charge on any atom is -0.414 e. The summed E-state index contributed by atoms with van der Waals surface area (Å²) in [5.74, 6) is 0. The maximum absolute atomic E-state index is 12.9. The monoisotopic (exact) mass is 510 g/mol. The van der Waals surface area contributed by atoms with E-state index in [1.54, 1.807) is 19.2 Å². The largest absolute Gasteiger partial charge is 0.414 e. The van der Waals surface area contributed by atoms with E-state index < -0.39 is 28.0 Å². The quantitative estimate of drug-likeness (QED) is 0.380. The average molecular weight is 511 g/mol. The third kappa shape index (κ3) is 5.92. The molecule has 1 aromatic heterocycles. The molecule has 0 spiro atoms. The lowest BCUT2D eigenvalue weighted by molar-refractivity contribution is -0.115. The van der Waals surface area contributed by atoms with Crippen LogP contribution >= 0.6 is 0 Å². The van der Waals surface area contributed by atoms with Gasteiger partial charge in [-0.2, -0.15) is 0 Å². The van der Waals surface area contributed by atoms with E-state index in [4.69, 9.17) is 13.6 Å². The number of nitrogens with zero attached hydrogens (tertiary/aromatic N) is 1. The van der Waals surface area contributed by atoms with E-state index in [1.165, 1.54) is 4.57 Å². The van der Waals surface area contributed by atoms with Gasteiger partial charge in [0.15, 0.2) is 22.4 Å². The van der Waals surface area contributed by atoms with Crippen LogP contribution < -0.4 is 11.2 Å². The molecule has 9 heteroatoms. The lowest BCUT2D eigenvalue weighted by Crippen LogP contribution is -2.48. The molecule has 0 unspecified atom stereocenters. The number of hydrogen-bond donors (Lipinski definition) is 1. The highest BCUT2D eigenvalue weighted by Crippen LogP contribution is 2.45. The van der Waals surface area contributed by atoms with E-state index in [0.717, 1.165) is 0 Å². The molecule has 0 aromatic carbocycles. The molecule has 7 nitrogen and oxygen atoms in total. The second-order valence-electron chi connectivity index (χ2n) is 12.7. The van der Waals surface area contributed by atoms with E-state index in [1.807, 2.05) is 0 Å². The number of aromatic amines is 1. The van der Waals surface area contributed by atoms with Crippen LogP contribution in [0.5, 0.6) is 0 Å². The molecule has 1 aliphatic rings. The highest BCUT2D eigenvalue weighted by atomic mass is 28.4. The van der Waals surface area contributed by atoms with Crippen LogP contribution in [0.15, 0.2) is 28.4 Å². The summed E-state index contributed by atoms with van der Waals surface area (Å²) < 4.78 is 21.6. The Morgan fingerprint density at radius 3 is 2.21 bits per heavy atom. The summed E-state index contributed by atoms with van der Waals surface area (Å²) in [5.41, 5.74) is -1.42. The Bertz CT molecular complexity index is 1000. The number of aromatic nitrogens is 2. The topological polar surface area (TPSA) is 82.6 Å². The second-order valence-corrected chi connectivity index (χ2v) is 22.3.